The first kappa shape index (κ1) is 36.1. The van der Waals surface area contributed by atoms with Gasteiger partial charge < -0.3 is 26.6 Å². The summed E-state index contributed by atoms with van der Waals surface area (Å²) in [6.07, 6.45) is 9.29. The van der Waals surface area contributed by atoms with Crippen LogP contribution in [0.1, 0.15) is 61.4 Å². The van der Waals surface area contributed by atoms with Crippen molar-refractivity contribution in [3.8, 4) is 0 Å². The molecule has 0 amide bonds. The van der Waals surface area contributed by atoms with Crippen LogP contribution in [0, 0.1) is 15.5 Å². The first-order valence-corrected chi connectivity index (χ1v) is 17.5. The van der Waals surface area contributed by atoms with E-state index in [4.69, 9.17) is 22.7 Å². The van der Waals surface area contributed by atoms with Gasteiger partial charge in [-0.3, -0.25) is 20.5 Å². The zero-order chi connectivity index (χ0) is 32.3. The van der Waals surface area contributed by atoms with Crippen LogP contribution in [0.2, 0.25) is 5.02 Å². The van der Waals surface area contributed by atoms with E-state index in [9.17, 15) is 10.1 Å². The normalized spacial score (nSPS) is 12.2. The molecule has 0 aliphatic heterocycles. The fourth-order valence-electron chi connectivity index (χ4n) is 4.72. The Bertz CT molecular complexity index is 1330. The molecule has 0 saturated heterocycles. The largest absolute Gasteiger partial charge is 0.370 e. The van der Waals surface area contributed by atoms with Gasteiger partial charge in [-0.1, -0.05) is 49.1 Å². The van der Waals surface area contributed by atoms with E-state index < -0.39 is 4.92 Å². The van der Waals surface area contributed by atoms with Crippen LogP contribution in [0.3, 0.4) is 0 Å². The molecule has 11 nitrogen and oxygen atoms in total. The predicted octanol–water partition coefficient (Wildman–Crippen LogP) is 6.09. The minimum Gasteiger partial charge on any atom is -0.370 e. The standard InChI is InChI=1S/C31H44ClN9O2S2/c1-40(19-14-27(28-9-5-7-15-35-28)24-10-12-25(32)13-11-24)18-8-4-2-3-6-16-36-29(21-41(42)43)37-17-20-44-22-26-23-45-31(38-26)39-30(33)34/h5,7,9-13,15,21,23,27,36-37H,2-4,6,8,14,16-20,22H2,1H3,(H4,33,34,38,39). The fourth-order valence-corrected chi connectivity index (χ4v) is 6.43. The summed E-state index contributed by atoms with van der Waals surface area (Å²) >= 11 is 9.20. The number of guanidine groups is 1. The average Bonchev–Trinajstić information content (AvgIpc) is 3.45. The maximum Gasteiger partial charge on any atom is 0.274 e. The number of nitrogens with one attached hydrogen (secondary N) is 4. The first-order chi connectivity index (χ1) is 21.8. The number of hydrogen-bond acceptors (Lipinski definition) is 10. The van der Waals surface area contributed by atoms with Gasteiger partial charge in [-0.25, -0.2) is 4.98 Å². The quantitative estimate of drug-likeness (QED) is 0.0278. The van der Waals surface area contributed by atoms with Crippen molar-refractivity contribution in [2.45, 2.75) is 50.2 Å². The SMILES string of the molecule is CN(CCCCCCCNC(=C[N+](=O)[O-])NCCSCc1csc(NC(=N)N)n1)CCC(c1ccc(Cl)cc1)c1ccccn1. The zero-order valence-electron chi connectivity index (χ0n) is 25.7. The number of thioether (sulfide) groups is 1. The summed E-state index contributed by atoms with van der Waals surface area (Å²) in [5.74, 6) is 2.01. The second-order valence-electron chi connectivity index (χ2n) is 10.6. The van der Waals surface area contributed by atoms with Crippen LogP contribution in [0.5, 0.6) is 0 Å². The van der Waals surface area contributed by atoms with Crippen molar-refractivity contribution in [2.75, 3.05) is 44.3 Å². The summed E-state index contributed by atoms with van der Waals surface area (Å²) in [6.45, 7) is 3.31. The molecule has 0 radical (unpaired) electrons. The smallest absolute Gasteiger partial charge is 0.274 e. The van der Waals surface area contributed by atoms with E-state index in [0.29, 0.717) is 29.8 Å². The third-order valence-electron chi connectivity index (χ3n) is 6.99. The molecule has 0 fully saturated rings. The van der Waals surface area contributed by atoms with Gasteiger partial charge in [0.1, 0.15) is 0 Å². The Labute approximate surface area is 279 Å². The van der Waals surface area contributed by atoms with Gasteiger partial charge in [-0.2, -0.15) is 11.8 Å². The van der Waals surface area contributed by atoms with Gasteiger partial charge in [-0.05, 0) is 69.2 Å². The lowest BCUT2D eigenvalue weighted by Gasteiger charge is -2.22. The summed E-state index contributed by atoms with van der Waals surface area (Å²) in [5.41, 5.74) is 8.55. The van der Waals surface area contributed by atoms with E-state index in [0.717, 1.165) is 80.0 Å². The zero-order valence-corrected chi connectivity index (χ0v) is 28.1. The van der Waals surface area contributed by atoms with Gasteiger partial charge in [0.15, 0.2) is 16.9 Å². The molecule has 14 heteroatoms. The molecule has 2 heterocycles. The number of nitrogens with zero attached hydrogens (tertiary/aromatic N) is 4. The molecule has 0 bridgehead atoms. The van der Waals surface area contributed by atoms with Crippen LogP contribution in [0.4, 0.5) is 5.13 Å². The van der Waals surface area contributed by atoms with Crippen LogP contribution < -0.4 is 21.7 Å². The number of benzene rings is 1. The van der Waals surface area contributed by atoms with Gasteiger partial charge in [0.25, 0.3) is 6.20 Å². The first-order valence-electron chi connectivity index (χ1n) is 15.1. The number of anilines is 1. The van der Waals surface area contributed by atoms with Crippen LogP contribution in [0.25, 0.3) is 0 Å². The fraction of sp³-hybridized carbons (Fsp3) is 0.452. The van der Waals surface area contributed by atoms with Gasteiger partial charge in [0.2, 0.25) is 0 Å². The summed E-state index contributed by atoms with van der Waals surface area (Å²) in [4.78, 5) is 22.0. The molecule has 3 rings (SSSR count). The summed E-state index contributed by atoms with van der Waals surface area (Å²) in [6, 6.07) is 14.2. The molecule has 3 aromatic rings. The maximum absolute atomic E-state index is 11.1. The van der Waals surface area contributed by atoms with Gasteiger partial charge in [-0.15, -0.1) is 11.3 Å². The highest BCUT2D eigenvalue weighted by Crippen LogP contribution is 2.28. The second-order valence-corrected chi connectivity index (χ2v) is 13.0. The highest BCUT2D eigenvalue weighted by Gasteiger charge is 2.16. The third kappa shape index (κ3) is 15.0. The highest BCUT2D eigenvalue weighted by molar-refractivity contribution is 7.98. The highest BCUT2D eigenvalue weighted by atomic mass is 35.5. The lowest BCUT2D eigenvalue weighted by Crippen LogP contribution is -2.29. The van der Waals surface area contributed by atoms with Crippen molar-refractivity contribution >= 4 is 45.8 Å². The number of halogens is 1. The molecule has 6 N–H and O–H groups in total. The number of thiazole rings is 1. The number of hydrogen-bond donors (Lipinski definition) is 5. The van der Waals surface area contributed by atoms with Crippen LogP contribution >= 0.6 is 34.7 Å². The van der Waals surface area contributed by atoms with Gasteiger partial charge >= 0.3 is 0 Å². The Morgan fingerprint density at radius 2 is 1.89 bits per heavy atom. The lowest BCUT2D eigenvalue weighted by atomic mass is 9.92. The van der Waals surface area contributed by atoms with E-state index in [-0.39, 0.29) is 11.9 Å². The number of nitro groups is 1. The molecule has 0 spiro atoms. The summed E-state index contributed by atoms with van der Waals surface area (Å²) in [5, 5.41) is 30.6. The second kappa shape index (κ2) is 20.6. The number of rotatable bonds is 22. The molecule has 0 aliphatic carbocycles. The molecule has 1 unspecified atom stereocenters. The Morgan fingerprint density at radius 1 is 1.13 bits per heavy atom. The van der Waals surface area contributed by atoms with Crippen LogP contribution in [0.15, 0.2) is 66.1 Å². The van der Waals surface area contributed by atoms with Crippen molar-refractivity contribution in [1.82, 2.24) is 25.5 Å². The van der Waals surface area contributed by atoms with E-state index in [1.165, 1.54) is 16.9 Å². The number of unbranched alkanes of at least 4 members (excludes halogenated alkanes) is 4. The molecule has 0 saturated carbocycles. The van der Waals surface area contributed by atoms with Crippen molar-refractivity contribution in [3.05, 3.63) is 98.2 Å². The number of aromatic nitrogens is 2. The monoisotopic (exact) mass is 673 g/mol. The molecular weight excluding hydrogens is 630 g/mol. The summed E-state index contributed by atoms with van der Waals surface area (Å²) in [7, 11) is 2.18. The van der Waals surface area contributed by atoms with Crippen molar-refractivity contribution in [3.63, 3.8) is 0 Å². The average molecular weight is 674 g/mol. The molecule has 244 valence electrons. The minimum absolute atomic E-state index is 0.137. The van der Waals surface area contributed by atoms with Crippen molar-refractivity contribution < 1.29 is 4.92 Å². The molecule has 1 aromatic carbocycles. The van der Waals surface area contributed by atoms with Crippen LogP contribution in [-0.2, 0) is 5.75 Å². The molecule has 1 atom stereocenters. The maximum atomic E-state index is 11.1. The van der Waals surface area contributed by atoms with Gasteiger partial charge in [0.05, 0.1) is 10.6 Å². The predicted molar refractivity (Wildman–Crippen MR) is 188 cm³/mol. The topological polar surface area (TPSA) is 158 Å². The Morgan fingerprint density at radius 3 is 2.62 bits per heavy atom. The number of nitrogens with two attached hydrogens (primary N) is 1. The third-order valence-corrected chi connectivity index (χ3v) is 9.04. The van der Waals surface area contributed by atoms with Crippen molar-refractivity contribution in [2.24, 2.45) is 5.73 Å². The minimum atomic E-state index is -0.439. The molecular formula is C31H44ClN9O2S2. The lowest BCUT2D eigenvalue weighted by molar-refractivity contribution is -0.404. The summed E-state index contributed by atoms with van der Waals surface area (Å²) < 4.78 is 0. The van der Waals surface area contributed by atoms with E-state index >= 15 is 0 Å². The number of pyridine rings is 1. The Hall–Kier alpha value is -3.39. The van der Waals surface area contributed by atoms with E-state index in [1.807, 2.05) is 35.8 Å². The molecule has 0 aliphatic rings. The van der Waals surface area contributed by atoms with Gasteiger partial charge in [0, 0.05) is 52.8 Å². The Kier molecular flexibility index (Phi) is 16.5. The van der Waals surface area contributed by atoms with E-state index in [2.05, 4.69) is 56.1 Å². The molecule has 2 aromatic heterocycles. The van der Waals surface area contributed by atoms with Crippen LogP contribution in [-0.4, -0.2) is 64.7 Å². The van der Waals surface area contributed by atoms with E-state index in [1.54, 1.807) is 11.8 Å². The van der Waals surface area contributed by atoms with Crippen molar-refractivity contribution in [1.29, 1.82) is 5.41 Å². The molecule has 45 heavy (non-hydrogen) atoms. The Balaban J connectivity index is 1.25.